The van der Waals surface area contributed by atoms with Crippen molar-refractivity contribution in [1.29, 1.82) is 0 Å². The summed E-state index contributed by atoms with van der Waals surface area (Å²) in [6.07, 6.45) is 4.43. The fourth-order valence-electron chi connectivity index (χ4n) is 3.09. The maximum atomic E-state index is 14.5. The molecule has 30 heavy (non-hydrogen) atoms. The topological polar surface area (TPSA) is 60.3 Å². The zero-order valence-electron chi connectivity index (χ0n) is 17.0. The van der Waals surface area contributed by atoms with Crippen molar-refractivity contribution in [2.24, 2.45) is 0 Å². The summed E-state index contributed by atoms with van der Waals surface area (Å²) in [5.41, 5.74) is 1.25. The molecule has 3 rings (SSSR count). The molecule has 0 bridgehead atoms. The number of rotatable bonds is 10. The molecule has 0 atom stereocenters. The van der Waals surface area contributed by atoms with Crippen molar-refractivity contribution in [1.82, 2.24) is 9.29 Å². The Kier molecular flexibility index (Phi) is 7.58. The first-order chi connectivity index (χ1) is 14.5. The van der Waals surface area contributed by atoms with Crippen LogP contribution in [-0.2, 0) is 16.6 Å². The maximum Gasteiger partial charge on any atom is 0.268 e. The molecule has 0 unspecified atom stereocenters. The lowest BCUT2D eigenvalue weighted by Crippen LogP contribution is -2.14. The van der Waals surface area contributed by atoms with Gasteiger partial charge in [0.25, 0.3) is 10.0 Å². The third-order valence-corrected chi connectivity index (χ3v) is 6.86. The molecular formula is C22H25FN2O3S2. The lowest BCUT2D eigenvalue weighted by Gasteiger charge is -2.13. The van der Waals surface area contributed by atoms with Crippen LogP contribution in [0.2, 0.25) is 0 Å². The molecule has 0 aliphatic heterocycles. The Labute approximate surface area is 181 Å². The summed E-state index contributed by atoms with van der Waals surface area (Å²) < 4.78 is 48.2. The number of ether oxygens (including phenoxy) is 1. The van der Waals surface area contributed by atoms with Crippen LogP contribution in [-0.4, -0.2) is 38.1 Å². The Balaban J connectivity index is 2.01. The van der Waals surface area contributed by atoms with E-state index in [0.29, 0.717) is 18.9 Å². The Morgan fingerprint density at radius 2 is 1.93 bits per heavy atom. The number of hydrogen-bond acceptors (Lipinski definition) is 5. The van der Waals surface area contributed by atoms with Crippen molar-refractivity contribution >= 4 is 21.8 Å². The van der Waals surface area contributed by atoms with E-state index in [0.717, 1.165) is 21.7 Å². The Bertz CT molecular complexity index is 1100. The predicted octanol–water partition coefficient (Wildman–Crippen LogP) is 4.38. The summed E-state index contributed by atoms with van der Waals surface area (Å²) in [5, 5.41) is 3.00. The first-order valence-electron chi connectivity index (χ1n) is 9.55. The molecule has 0 aliphatic carbocycles. The summed E-state index contributed by atoms with van der Waals surface area (Å²) in [5.74, 6) is 0.989. The lowest BCUT2D eigenvalue weighted by molar-refractivity contribution is 0.318. The van der Waals surface area contributed by atoms with Crippen LogP contribution >= 0.6 is 11.8 Å². The van der Waals surface area contributed by atoms with E-state index in [1.807, 2.05) is 6.26 Å². The van der Waals surface area contributed by atoms with Gasteiger partial charge < -0.3 is 10.1 Å². The summed E-state index contributed by atoms with van der Waals surface area (Å²) >= 11 is 1.73. The van der Waals surface area contributed by atoms with Crippen molar-refractivity contribution in [3.63, 3.8) is 0 Å². The van der Waals surface area contributed by atoms with Crippen LogP contribution in [0.3, 0.4) is 0 Å². The number of benzene rings is 2. The second-order valence-corrected chi connectivity index (χ2v) is 9.51. The normalized spacial score (nSPS) is 11.6. The molecule has 1 N–H and O–H groups in total. The zero-order valence-corrected chi connectivity index (χ0v) is 18.6. The van der Waals surface area contributed by atoms with Crippen LogP contribution in [0.15, 0.2) is 65.7 Å². The zero-order chi connectivity index (χ0) is 21.6. The first-order valence-corrected chi connectivity index (χ1v) is 12.4. The number of thioether (sulfide) groups is 1. The molecule has 0 radical (unpaired) electrons. The highest BCUT2D eigenvalue weighted by atomic mass is 32.2. The summed E-state index contributed by atoms with van der Waals surface area (Å²) in [6.45, 7) is 0.975. The number of nitrogens with one attached hydrogen (secondary N) is 1. The molecule has 0 fully saturated rings. The fourth-order valence-corrected chi connectivity index (χ4v) is 4.93. The van der Waals surface area contributed by atoms with Crippen LogP contribution in [0.25, 0.3) is 11.3 Å². The highest BCUT2D eigenvalue weighted by Gasteiger charge is 2.23. The lowest BCUT2D eigenvalue weighted by atomic mass is 10.1. The first kappa shape index (κ1) is 22.4. The summed E-state index contributed by atoms with van der Waals surface area (Å²) in [6, 6.07) is 14.3. The third kappa shape index (κ3) is 5.06. The summed E-state index contributed by atoms with van der Waals surface area (Å²) in [4.78, 5) is 0.0917. The number of hydrogen-bond donors (Lipinski definition) is 1. The quantitative estimate of drug-likeness (QED) is 0.467. The molecule has 0 aliphatic rings. The van der Waals surface area contributed by atoms with Gasteiger partial charge >= 0.3 is 0 Å². The fraction of sp³-hybridized carbons (Fsp3) is 0.273. The van der Waals surface area contributed by atoms with Gasteiger partial charge in [0.2, 0.25) is 0 Å². The monoisotopic (exact) mass is 448 g/mol. The number of halogens is 1. The Morgan fingerprint density at radius 1 is 1.13 bits per heavy atom. The van der Waals surface area contributed by atoms with Crippen LogP contribution < -0.4 is 10.1 Å². The van der Waals surface area contributed by atoms with Crippen molar-refractivity contribution in [2.75, 3.05) is 25.7 Å². The van der Waals surface area contributed by atoms with E-state index in [1.165, 1.54) is 24.4 Å². The van der Waals surface area contributed by atoms with E-state index in [4.69, 9.17) is 4.74 Å². The van der Waals surface area contributed by atoms with Gasteiger partial charge in [0, 0.05) is 24.4 Å². The average Bonchev–Trinajstić information content (AvgIpc) is 3.17. The van der Waals surface area contributed by atoms with Crippen LogP contribution in [0.5, 0.6) is 5.75 Å². The molecule has 0 amide bonds. The second-order valence-electron chi connectivity index (χ2n) is 6.71. The van der Waals surface area contributed by atoms with E-state index in [-0.39, 0.29) is 16.2 Å². The van der Waals surface area contributed by atoms with Gasteiger partial charge in [0.05, 0.1) is 17.2 Å². The molecule has 2 aromatic carbocycles. The van der Waals surface area contributed by atoms with Crippen LogP contribution in [0, 0.1) is 5.82 Å². The minimum atomic E-state index is -3.95. The van der Waals surface area contributed by atoms with Crippen molar-refractivity contribution in [3.05, 3.63) is 72.2 Å². The largest absolute Gasteiger partial charge is 0.494 e. The standard InChI is InChI=1S/C22H25FN2O3S2/c1-24-15-17-13-22(20-9-3-4-10-21(20)23)25(16-17)30(26,27)19-8-5-7-18(14-19)28-11-6-12-29-2/h3-5,7-10,13-14,16,24H,6,11-12,15H2,1-2H3. The molecule has 160 valence electrons. The molecule has 0 saturated heterocycles. The Morgan fingerprint density at radius 3 is 2.67 bits per heavy atom. The van der Waals surface area contributed by atoms with Gasteiger partial charge in [-0.25, -0.2) is 16.8 Å². The summed E-state index contributed by atoms with van der Waals surface area (Å²) in [7, 11) is -2.18. The molecule has 1 aromatic heterocycles. The highest BCUT2D eigenvalue weighted by molar-refractivity contribution is 7.98. The SMILES string of the molecule is CNCc1cc(-c2ccccc2F)n(S(=O)(=O)c2cccc(OCCCSC)c2)c1. The van der Waals surface area contributed by atoms with Gasteiger partial charge in [0.1, 0.15) is 11.6 Å². The van der Waals surface area contributed by atoms with Gasteiger partial charge in [-0.1, -0.05) is 18.2 Å². The molecular weight excluding hydrogens is 423 g/mol. The van der Waals surface area contributed by atoms with Crippen LogP contribution in [0.4, 0.5) is 4.39 Å². The van der Waals surface area contributed by atoms with Crippen molar-refractivity contribution in [3.8, 4) is 17.0 Å². The predicted molar refractivity (Wildman–Crippen MR) is 120 cm³/mol. The van der Waals surface area contributed by atoms with E-state index in [1.54, 1.807) is 55.2 Å². The molecule has 8 heteroatoms. The molecule has 0 saturated carbocycles. The molecule has 5 nitrogen and oxygen atoms in total. The number of aromatic nitrogens is 1. The van der Waals surface area contributed by atoms with E-state index in [9.17, 15) is 12.8 Å². The van der Waals surface area contributed by atoms with Crippen molar-refractivity contribution in [2.45, 2.75) is 17.9 Å². The minimum absolute atomic E-state index is 0.0917. The molecule has 1 heterocycles. The Hall–Kier alpha value is -2.29. The van der Waals surface area contributed by atoms with E-state index >= 15 is 0 Å². The molecule has 0 spiro atoms. The number of nitrogens with zero attached hydrogens (tertiary/aromatic N) is 1. The van der Waals surface area contributed by atoms with Gasteiger partial charge in [-0.05, 0) is 61.4 Å². The van der Waals surface area contributed by atoms with Crippen LogP contribution in [0.1, 0.15) is 12.0 Å². The highest BCUT2D eigenvalue weighted by Crippen LogP contribution is 2.30. The maximum absolute atomic E-state index is 14.5. The van der Waals surface area contributed by atoms with E-state index in [2.05, 4.69) is 5.32 Å². The van der Waals surface area contributed by atoms with Gasteiger partial charge in [-0.15, -0.1) is 0 Å². The second kappa shape index (κ2) is 10.1. The van der Waals surface area contributed by atoms with Crippen molar-refractivity contribution < 1.29 is 17.5 Å². The molecule has 3 aromatic rings. The minimum Gasteiger partial charge on any atom is -0.494 e. The van der Waals surface area contributed by atoms with E-state index < -0.39 is 15.8 Å². The van der Waals surface area contributed by atoms with Gasteiger partial charge in [0.15, 0.2) is 0 Å². The third-order valence-electron chi connectivity index (χ3n) is 4.50. The smallest absolute Gasteiger partial charge is 0.268 e. The van der Waals surface area contributed by atoms with Gasteiger partial charge in [-0.2, -0.15) is 11.8 Å². The average molecular weight is 449 g/mol. The van der Waals surface area contributed by atoms with Gasteiger partial charge in [-0.3, -0.25) is 0 Å².